The monoisotopic (exact) mass is 230 g/mol. The lowest BCUT2D eigenvalue weighted by molar-refractivity contribution is -0.00115. The number of hydrogen-bond acceptors (Lipinski definition) is 4. The van der Waals surface area contributed by atoms with Crippen molar-refractivity contribution in [3.05, 3.63) is 0 Å². The second-order valence-corrected chi connectivity index (χ2v) is 5.30. The molecule has 0 aromatic carbocycles. The highest BCUT2D eigenvalue weighted by molar-refractivity contribution is 4.85. The first kappa shape index (κ1) is 13.9. The average Bonchev–Trinajstić information content (AvgIpc) is 2.11. The Morgan fingerprint density at radius 3 is 1.50 bits per heavy atom. The van der Waals surface area contributed by atoms with Gasteiger partial charge in [0.25, 0.3) is 0 Å². The van der Waals surface area contributed by atoms with Crippen LogP contribution >= 0.6 is 0 Å². The molecule has 1 heterocycles. The Balaban J connectivity index is 2.49. The molecule has 0 unspecified atom stereocenters. The highest BCUT2D eigenvalue weighted by atomic mass is 16.3. The third-order valence-electron chi connectivity index (χ3n) is 3.24. The first-order chi connectivity index (χ1) is 7.40. The maximum Gasteiger partial charge on any atom is 0.0639 e. The minimum absolute atomic E-state index is 0.266. The molecular weight excluding hydrogens is 204 g/mol. The van der Waals surface area contributed by atoms with Crippen molar-refractivity contribution in [1.29, 1.82) is 0 Å². The Morgan fingerprint density at radius 2 is 1.25 bits per heavy atom. The van der Waals surface area contributed by atoms with Crippen molar-refractivity contribution in [3.63, 3.8) is 0 Å². The number of rotatable bonds is 4. The molecule has 4 atom stereocenters. The van der Waals surface area contributed by atoms with Crippen LogP contribution in [0.5, 0.6) is 0 Å². The van der Waals surface area contributed by atoms with E-state index in [4.69, 9.17) is 0 Å². The molecule has 0 saturated carbocycles. The van der Waals surface area contributed by atoms with Gasteiger partial charge >= 0.3 is 0 Å². The summed E-state index contributed by atoms with van der Waals surface area (Å²) in [4.78, 5) is 4.65. The van der Waals surface area contributed by atoms with E-state index in [9.17, 15) is 10.2 Å². The average molecular weight is 230 g/mol. The molecule has 4 nitrogen and oxygen atoms in total. The molecule has 0 aromatic heterocycles. The van der Waals surface area contributed by atoms with E-state index >= 15 is 0 Å². The molecule has 1 aliphatic rings. The number of aliphatic hydroxyl groups excluding tert-OH is 2. The maximum absolute atomic E-state index is 9.42. The minimum atomic E-state index is -0.266. The van der Waals surface area contributed by atoms with Gasteiger partial charge in [-0.1, -0.05) is 0 Å². The summed E-state index contributed by atoms with van der Waals surface area (Å²) in [5.41, 5.74) is 0. The van der Waals surface area contributed by atoms with Crippen LogP contribution in [-0.2, 0) is 0 Å². The second kappa shape index (κ2) is 5.96. The van der Waals surface area contributed by atoms with Gasteiger partial charge in [0.05, 0.1) is 12.2 Å². The van der Waals surface area contributed by atoms with Crippen LogP contribution in [0.25, 0.3) is 0 Å². The smallest absolute Gasteiger partial charge is 0.0639 e. The highest BCUT2D eigenvalue weighted by Gasteiger charge is 2.29. The van der Waals surface area contributed by atoms with Crippen molar-refractivity contribution < 1.29 is 10.2 Å². The molecule has 1 fully saturated rings. The minimum Gasteiger partial charge on any atom is -0.392 e. The Labute approximate surface area is 98.9 Å². The van der Waals surface area contributed by atoms with Gasteiger partial charge in [-0.2, -0.15) is 0 Å². The summed E-state index contributed by atoms with van der Waals surface area (Å²) >= 11 is 0. The van der Waals surface area contributed by atoms with Gasteiger partial charge in [-0.25, -0.2) is 0 Å². The standard InChI is InChI=1S/C12H26N2O2/c1-9-5-14(8-12(4)16)10(2)6-13(9)7-11(3)15/h9-12,15-16H,5-8H2,1-4H3/t9-,10+,11+,12-. The molecule has 1 rings (SSSR count). The van der Waals surface area contributed by atoms with Gasteiger partial charge in [0.2, 0.25) is 0 Å². The Hall–Kier alpha value is -0.160. The van der Waals surface area contributed by atoms with Crippen LogP contribution in [0.4, 0.5) is 0 Å². The Bertz CT molecular complexity index is 187. The van der Waals surface area contributed by atoms with Gasteiger partial charge in [0.1, 0.15) is 0 Å². The third kappa shape index (κ3) is 4.01. The van der Waals surface area contributed by atoms with E-state index in [2.05, 4.69) is 23.6 Å². The van der Waals surface area contributed by atoms with E-state index in [-0.39, 0.29) is 12.2 Å². The Kier molecular flexibility index (Phi) is 5.18. The zero-order chi connectivity index (χ0) is 12.3. The van der Waals surface area contributed by atoms with Crippen molar-refractivity contribution in [2.75, 3.05) is 26.2 Å². The van der Waals surface area contributed by atoms with Crippen LogP contribution in [-0.4, -0.2) is 70.5 Å². The van der Waals surface area contributed by atoms with Crippen LogP contribution in [0.3, 0.4) is 0 Å². The number of nitrogens with zero attached hydrogens (tertiary/aromatic N) is 2. The summed E-state index contributed by atoms with van der Waals surface area (Å²) in [5, 5.41) is 18.8. The largest absolute Gasteiger partial charge is 0.392 e. The first-order valence-electron chi connectivity index (χ1n) is 6.24. The van der Waals surface area contributed by atoms with Crippen LogP contribution in [0.15, 0.2) is 0 Å². The topological polar surface area (TPSA) is 46.9 Å². The van der Waals surface area contributed by atoms with Crippen LogP contribution in [0, 0.1) is 0 Å². The molecule has 0 aliphatic carbocycles. The summed E-state index contributed by atoms with van der Waals surface area (Å²) in [6.45, 7) is 11.5. The molecule has 2 N–H and O–H groups in total. The predicted molar refractivity (Wildman–Crippen MR) is 65.4 cm³/mol. The van der Waals surface area contributed by atoms with E-state index in [1.165, 1.54) is 0 Å². The maximum atomic E-state index is 9.42. The van der Waals surface area contributed by atoms with Gasteiger partial charge < -0.3 is 10.2 Å². The van der Waals surface area contributed by atoms with Gasteiger partial charge in [-0.05, 0) is 27.7 Å². The quantitative estimate of drug-likeness (QED) is 0.721. The van der Waals surface area contributed by atoms with Gasteiger partial charge in [0, 0.05) is 38.3 Å². The molecule has 96 valence electrons. The molecule has 1 aliphatic heterocycles. The first-order valence-corrected chi connectivity index (χ1v) is 6.24. The molecule has 4 heteroatoms. The zero-order valence-corrected chi connectivity index (χ0v) is 10.9. The number of hydrogen-bond donors (Lipinski definition) is 2. The summed E-state index contributed by atoms with van der Waals surface area (Å²) < 4.78 is 0. The second-order valence-electron chi connectivity index (χ2n) is 5.30. The SMILES string of the molecule is C[C@H](O)CN1C[C@H](C)N(C[C@@H](C)O)C[C@H]1C. The number of β-amino-alcohol motifs (C(OH)–C–C–N with tert-alkyl or cyclic N) is 2. The van der Waals surface area contributed by atoms with Crippen molar-refractivity contribution in [1.82, 2.24) is 9.80 Å². The van der Waals surface area contributed by atoms with E-state index in [1.54, 1.807) is 0 Å². The molecule has 1 saturated heterocycles. The molecule has 0 aromatic rings. The van der Waals surface area contributed by atoms with Gasteiger partial charge in [0.15, 0.2) is 0 Å². The van der Waals surface area contributed by atoms with Crippen molar-refractivity contribution >= 4 is 0 Å². The third-order valence-corrected chi connectivity index (χ3v) is 3.24. The fourth-order valence-electron chi connectivity index (χ4n) is 2.46. The summed E-state index contributed by atoms with van der Waals surface area (Å²) in [6, 6.07) is 0.897. The summed E-state index contributed by atoms with van der Waals surface area (Å²) in [6.07, 6.45) is -0.532. The molecule has 0 amide bonds. The van der Waals surface area contributed by atoms with E-state index < -0.39 is 0 Å². The van der Waals surface area contributed by atoms with Crippen LogP contribution in [0.2, 0.25) is 0 Å². The summed E-state index contributed by atoms with van der Waals surface area (Å²) in [5.74, 6) is 0. The van der Waals surface area contributed by atoms with Crippen LogP contribution < -0.4 is 0 Å². The van der Waals surface area contributed by atoms with Crippen molar-refractivity contribution in [3.8, 4) is 0 Å². The highest BCUT2D eigenvalue weighted by Crippen LogP contribution is 2.15. The number of aliphatic hydroxyl groups is 2. The van der Waals surface area contributed by atoms with Gasteiger partial charge in [-0.3, -0.25) is 9.80 Å². The molecule has 0 bridgehead atoms. The Morgan fingerprint density at radius 1 is 0.938 bits per heavy atom. The molecule has 16 heavy (non-hydrogen) atoms. The lowest BCUT2D eigenvalue weighted by atomic mass is 10.1. The number of piperazine rings is 1. The molecule has 0 radical (unpaired) electrons. The van der Waals surface area contributed by atoms with Crippen LogP contribution in [0.1, 0.15) is 27.7 Å². The zero-order valence-electron chi connectivity index (χ0n) is 10.9. The molecule has 0 spiro atoms. The predicted octanol–water partition coefficient (Wildman–Crippen LogP) is 0.143. The van der Waals surface area contributed by atoms with Crippen molar-refractivity contribution in [2.24, 2.45) is 0 Å². The van der Waals surface area contributed by atoms with Gasteiger partial charge in [-0.15, -0.1) is 0 Å². The fraction of sp³-hybridized carbons (Fsp3) is 1.00. The van der Waals surface area contributed by atoms with E-state index in [1.807, 2.05) is 13.8 Å². The van der Waals surface area contributed by atoms with E-state index in [0.29, 0.717) is 12.1 Å². The van der Waals surface area contributed by atoms with Crippen molar-refractivity contribution in [2.45, 2.75) is 52.0 Å². The lowest BCUT2D eigenvalue weighted by Crippen LogP contribution is -2.58. The fourth-order valence-corrected chi connectivity index (χ4v) is 2.46. The van der Waals surface area contributed by atoms with E-state index in [0.717, 1.165) is 26.2 Å². The lowest BCUT2D eigenvalue weighted by Gasteiger charge is -2.45. The normalized spacial score (nSPS) is 32.6. The summed E-state index contributed by atoms with van der Waals surface area (Å²) in [7, 11) is 0. The molecular formula is C12H26N2O2.